The van der Waals surface area contributed by atoms with Crippen molar-refractivity contribution >= 4 is 11.8 Å². The second-order valence-corrected chi connectivity index (χ2v) is 6.42. The van der Waals surface area contributed by atoms with Gasteiger partial charge in [-0.15, -0.1) is 0 Å². The van der Waals surface area contributed by atoms with Gasteiger partial charge in [0.1, 0.15) is 6.04 Å². The van der Waals surface area contributed by atoms with E-state index in [1.807, 2.05) is 44.2 Å². The predicted molar refractivity (Wildman–Crippen MR) is 93.6 cm³/mol. The van der Waals surface area contributed by atoms with Crippen LogP contribution in [0.1, 0.15) is 45.1 Å². The lowest BCUT2D eigenvalue weighted by atomic mass is 10.1. The van der Waals surface area contributed by atoms with E-state index >= 15 is 0 Å². The molecular formula is C19H28N2O3. The van der Waals surface area contributed by atoms with Crippen LogP contribution in [0.2, 0.25) is 0 Å². The molecule has 24 heavy (non-hydrogen) atoms. The maximum atomic E-state index is 12.5. The van der Waals surface area contributed by atoms with Gasteiger partial charge in [-0.1, -0.05) is 43.7 Å². The van der Waals surface area contributed by atoms with Gasteiger partial charge in [0.25, 0.3) is 0 Å². The Kier molecular flexibility index (Phi) is 7.25. The zero-order chi connectivity index (χ0) is 17.4. The normalized spacial score (nSPS) is 19.5. The summed E-state index contributed by atoms with van der Waals surface area (Å²) in [7, 11) is 0. The lowest BCUT2D eigenvalue weighted by molar-refractivity contribution is -0.129. The summed E-state index contributed by atoms with van der Waals surface area (Å²) < 4.78 is 5.61. The maximum absolute atomic E-state index is 12.5. The van der Waals surface area contributed by atoms with Crippen LogP contribution in [0.5, 0.6) is 0 Å². The fourth-order valence-electron chi connectivity index (χ4n) is 3.00. The van der Waals surface area contributed by atoms with Gasteiger partial charge in [0.2, 0.25) is 11.8 Å². The highest BCUT2D eigenvalue weighted by Crippen LogP contribution is 2.15. The van der Waals surface area contributed by atoms with Crippen molar-refractivity contribution in [2.24, 2.45) is 0 Å². The van der Waals surface area contributed by atoms with E-state index in [0.29, 0.717) is 6.42 Å². The molecule has 3 unspecified atom stereocenters. The number of amides is 2. The van der Waals surface area contributed by atoms with Crippen molar-refractivity contribution in [2.45, 2.75) is 64.1 Å². The molecule has 132 valence electrons. The summed E-state index contributed by atoms with van der Waals surface area (Å²) in [5.41, 5.74) is 0.943. The standard InChI is InChI=1S/C19H28N2O3/c1-3-8-16(19(23)20-14(2)17-11-7-12-24-17)21-18(22)13-15-9-5-4-6-10-15/h4-6,9-10,14,16-17H,3,7-8,11-13H2,1-2H3,(H,20,23)(H,21,22). The molecule has 1 fully saturated rings. The average Bonchev–Trinajstić information content (AvgIpc) is 3.10. The Morgan fingerprint density at radius 1 is 1.25 bits per heavy atom. The largest absolute Gasteiger partial charge is 0.376 e. The minimum Gasteiger partial charge on any atom is -0.376 e. The van der Waals surface area contributed by atoms with E-state index in [1.165, 1.54) is 0 Å². The first-order valence-electron chi connectivity index (χ1n) is 8.85. The van der Waals surface area contributed by atoms with Crippen molar-refractivity contribution in [3.05, 3.63) is 35.9 Å². The van der Waals surface area contributed by atoms with Gasteiger partial charge in [-0.3, -0.25) is 9.59 Å². The highest BCUT2D eigenvalue weighted by Gasteiger charge is 2.27. The minimum atomic E-state index is -0.491. The van der Waals surface area contributed by atoms with Gasteiger partial charge in [-0.25, -0.2) is 0 Å². The van der Waals surface area contributed by atoms with Crippen LogP contribution in [-0.4, -0.2) is 36.6 Å². The monoisotopic (exact) mass is 332 g/mol. The highest BCUT2D eigenvalue weighted by molar-refractivity contribution is 5.88. The first kappa shape index (κ1) is 18.5. The van der Waals surface area contributed by atoms with Crippen LogP contribution >= 0.6 is 0 Å². The van der Waals surface area contributed by atoms with Gasteiger partial charge in [0.05, 0.1) is 18.6 Å². The molecule has 2 N–H and O–H groups in total. The third kappa shape index (κ3) is 5.64. The number of ether oxygens (including phenoxy) is 1. The van der Waals surface area contributed by atoms with Crippen molar-refractivity contribution in [3.8, 4) is 0 Å². The quantitative estimate of drug-likeness (QED) is 0.767. The molecule has 0 aromatic heterocycles. The third-order valence-corrected chi connectivity index (χ3v) is 4.33. The molecule has 0 bridgehead atoms. The number of rotatable bonds is 8. The molecule has 3 atom stereocenters. The average molecular weight is 332 g/mol. The molecule has 1 aliphatic rings. The fraction of sp³-hybridized carbons (Fsp3) is 0.579. The summed E-state index contributed by atoms with van der Waals surface area (Å²) in [6, 6.07) is 9.02. The van der Waals surface area contributed by atoms with Gasteiger partial charge in [-0.2, -0.15) is 0 Å². The second-order valence-electron chi connectivity index (χ2n) is 6.42. The molecule has 1 heterocycles. The van der Waals surface area contributed by atoms with E-state index in [4.69, 9.17) is 4.74 Å². The van der Waals surface area contributed by atoms with E-state index in [2.05, 4.69) is 10.6 Å². The third-order valence-electron chi connectivity index (χ3n) is 4.33. The molecule has 0 saturated carbocycles. The molecule has 5 heteroatoms. The van der Waals surface area contributed by atoms with Gasteiger partial charge < -0.3 is 15.4 Å². The van der Waals surface area contributed by atoms with Crippen LogP contribution in [0.4, 0.5) is 0 Å². The Morgan fingerprint density at radius 2 is 2.00 bits per heavy atom. The summed E-state index contributed by atoms with van der Waals surface area (Å²) in [4.78, 5) is 24.7. The molecule has 1 saturated heterocycles. The van der Waals surface area contributed by atoms with Crippen molar-refractivity contribution in [2.75, 3.05) is 6.61 Å². The zero-order valence-electron chi connectivity index (χ0n) is 14.6. The van der Waals surface area contributed by atoms with Crippen molar-refractivity contribution in [1.82, 2.24) is 10.6 Å². The van der Waals surface area contributed by atoms with Crippen LogP contribution in [0.3, 0.4) is 0 Å². The van der Waals surface area contributed by atoms with Gasteiger partial charge in [-0.05, 0) is 31.7 Å². The summed E-state index contributed by atoms with van der Waals surface area (Å²) in [6.45, 7) is 4.73. The zero-order valence-corrected chi connectivity index (χ0v) is 14.6. The Hall–Kier alpha value is -1.88. The number of hydrogen-bond donors (Lipinski definition) is 2. The molecular weight excluding hydrogens is 304 g/mol. The van der Waals surface area contributed by atoms with Crippen LogP contribution < -0.4 is 10.6 Å². The van der Waals surface area contributed by atoms with Crippen molar-refractivity contribution < 1.29 is 14.3 Å². The number of benzene rings is 1. The van der Waals surface area contributed by atoms with Crippen LogP contribution in [0.15, 0.2) is 30.3 Å². The van der Waals surface area contributed by atoms with Crippen molar-refractivity contribution in [1.29, 1.82) is 0 Å². The van der Waals surface area contributed by atoms with Crippen LogP contribution in [0, 0.1) is 0 Å². The molecule has 0 aliphatic carbocycles. The smallest absolute Gasteiger partial charge is 0.242 e. The van der Waals surface area contributed by atoms with Gasteiger partial charge >= 0.3 is 0 Å². The molecule has 2 rings (SSSR count). The second kappa shape index (κ2) is 9.42. The van der Waals surface area contributed by atoms with Crippen LogP contribution in [0.25, 0.3) is 0 Å². The van der Waals surface area contributed by atoms with Gasteiger partial charge in [0, 0.05) is 6.61 Å². The number of carbonyl (C=O) groups excluding carboxylic acids is 2. The van der Waals surface area contributed by atoms with Crippen LogP contribution in [-0.2, 0) is 20.7 Å². The van der Waals surface area contributed by atoms with Crippen molar-refractivity contribution in [3.63, 3.8) is 0 Å². The lowest BCUT2D eigenvalue weighted by Gasteiger charge is -2.24. The van der Waals surface area contributed by atoms with E-state index in [9.17, 15) is 9.59 Å². The number of carbonyl (C=O) groups is 2. The molecule has 1 aromatic rings. The number of hydrogen-bond acceptors (Lipinski definition) is 3. The van der Waals surface area contributed by atoms with E-state index in [0.717, 1.165) is 31.4 Å². The SMILES string of the molecule is CCCC(NC(=O)Cc1ccccc1)C(=O)NC(C)C1CCCO1. The topological polar surface area (TPSA) is 67.4 Å². The Labute approximate surface area is 144 Å². The van der Waals surface area contributed by atoms with E-state index in [-0.39, 0.29) is 30.4 Å². The molecule has 1 aliphatic heterocycles. The molecule has 0 spiro atoms. The first-order chi connectivity index (χ1) is 11.6. The summed E-state index contributed by atoms with van der Waals surface area (Å²) in [5.74, 6) is -0.249. The molecule has 2 amide bonds. The molecule has 0 radical (unpaired) electrons. The Balaban J connectivity index is 1.87. The highest BCUT2D eigenvalue weighted by atomic mass is 16.5. The maximum Gasteiger partial charge on any atom is 0.242 e. The summed E-state index contributed by atoms with van der Waals surface area (Å²) >= 11 is 0. The lowest BCUT2D eigenvalue weighted by Crippen LogP contribution is -2.51. The summed E-state index contributed by atoms with van der Waals surface area (Å²) in [5, 5.41) is 5.87. The first-order valence-corrected chi connectivity index (χ1v) is 8.85. The fourth-order valence-corrected chi connectivity index (χ4v) is 3.00. The number of nitrogens with one attached hydrogen (secondary N) is 2. The van der Waals surface area contributed by atoms with E-state index in [1.54, 1.807) is 0 Å². The molecule has 5 nitrogen and oxygen atoms in total. The Morgan fingerprint density at radius 3 is 2.62 bits per heavy atom. The minimum absolute atomic E-state index is 0.0367. The predicted octanol–water partition coefficient (Wildman–Crippen LogP) is 2.20. The van der Waals surface area contributed by atoms with E-state index < -0.39 is 6.04 Å². The molecule has 1 aromatic carbocycles. The Bertz CT molecular complexity index is 527. The van der Waals surface area contributed by atoms with Gasteiger partial charge in [0.15, 0.2) is 0 Å². The summed E-state index contributed by atoms with van der Waals surface area (Å²) in [6.07, 6.45) is 3.84.